The van der Waals surface area contributed by atoms with Gasteiger partial charge in [-0.2, -0.15) is 0 Å². The Balaban J connectivity index is 4.48. The molecule has 0 fully saturated rings. The number of Topliss-reactive ketones (excluding diaryl/α,β-unsaturated/α-hetero) is 1. The van der Waals surface area contributed by atoms with E-state index in [-0.39, 0.29) is 13.0 Å². The molecule has 4 heteroatoms. The Labute approximate surface area is 83.6 Å². The van der Waals surface area contributed by atoms with Crippen molar-refractivity contribution in [1.29, 1.82) is 0 Å². The van der Waals surface area contributed by atoms with Gasteiger partial charge >= 0.3 is 5.97 Å². The number of carbonyl (C=O) groups excluding carboxylic acids is 2. The van der Waals surface area contributed by atoms with E-state index in [2.05, 4.69) is 6.58 Å². The lowest BCUT2D eigenvalue weighted by Crippen LogP contribution is -2.34. The SMILES string of the molecule is C=CC[C@@H](C(=O)OCC)[C@H](O)C(C)=O. The van der Waals surface area contributed by atoms with Crippen LogP contribution in [-0.4, -0.2) is 29.6 Å². The highest BCUT2D eigenvalue weighted by Crippen LogP contribution is 2.13. The molecule has 0 radical (unpaired) electrons. The first-order valence-corrected chi connectivity index (χ1v) is 4.50. The highest BCUT2D eigenvalue weighted by molar-refractivity contribution is 5.86. The van der Waals surface area contributed by atoms with Crippen LogP contribution < -0.4 is 0 Å². The molecular weight excluding hydrogens is 184 g/mol. The number of ether oxygens (including phenoxy) is 1. The smallest absolute Gasteiger partial charge is 0.312 e. The molecule has 1 N–H and O–H groups in total. The number of carbonyl (C=O) groups is 2. The van der Waals surface area contributed by atoms with Crippen molar-refractivity contribution in [3.05, 3.63) is 12.7 Å². The minimum absolute atomic E-state index is 0.233. The van der Waals surface area contributed by atoms with Gasteiger partial charge in [-0.3, -0.25) is 9.59 Å². The second kappa shape index (κ2) is 6.32. The zero-order chi connectivity index (χ0) is 11.1. The van der Waals surface area contributed by atoms with E-state index < -0.39 is 23.8 Å². The molecule has 0 rings (SSSR count). The van der Waals surface area contributed by atoms with E-state index in [1.807, 2.05) is 0 Å². The number of aliphatic hydroxyl groups is 1. The number of hydrogen-bond acceptors (Lipinski definition) is 4. The molecule has 0 aromatic rings. The van der Waals surface area contributed by atoms with Gasteiger partial charge in [0.05, 0.1) is 12.5 Å². The van der Waals surface area contributed by atoms with E-state index in [1.165, 1.54) is 13.0 Å². The summed E-state index contributed by atoms with van der Waals surface area (Å²) in [5.74, 6) is -1.83. The van der Waals surface area contributed by atoms with Gasteiger partial charge in [0.2, 0.25) is 0 Å². The molecule has 0 unspecified atom stereocenters. The van der Waals surface area contributed by atoms with Crippen molar-refractivity contribution in [2.24, 2.45) is 5.92 Å². The lowest BCUT2D eigenvalue weighted by molar-refractivity contribution is -0.155. The van der Waals surface area contributed by atoms with Crippen LogP contribution in [0, 0.1) is 5.92 Å². The Kier molecular flexibility index (Phi) is 5.79. The summed E-state index contributed by atoms with van der Waals surface area (Å²) in [4.78, 5) is 22.2. The predicted molar refractivity (Wildman–Crippen MR) is 51.6 cm³/mol. The van der Waals surface area contributed by atoms with Crippen molar-refractivity contribution in [3.8, 4) is 0 Å². The molecule has 0 saturated carbocycles. The molecule has 4 nitrogen and oxygen atoms in total. The summed E-state index contributed by atoms with van der Waals surface area (Å²) in [6, 6.07) is 0. The monoisotopic (exact) mass is 200 g/mol. The Hall–Kier alpha value is -1.16. The van der Waals surface area contributed by atoms with Crippen molar-refractivity contribution in [3.63, 3.8) is 0 Å². The van der Waals surface area contributed by atoms with Gasteiger partial charge in [-0.15, -0.1) is 6.58 Å². The van der Waals surface area contributed by atoms with Crippen LogP contribution in [0.25, 0.3) is 0 Å². The summed E-state index contributed by atoms with van der Waals surface area (Å²) in [5, 5.41) is 9.42. The number of ketones is 1. The van der Waals surface area contributed by atoms with E-state index in [1.54, 1.807) is 6.92 Å². The third-order valence-electron chi connectivity index (χ3n) is 1.81. The van der Waals surface area contributed by atoms with Crippen LogP contribution >= 0.6 is 0 Å². The minimum atomic E-state index is -1.30. The van der Waals surface area contributed by atoms with Crippen LogP contribution in [0.5, 0.6) is 0 Å². The average molecular weight is 200 g/mol. The third kappa shape index (κ3) is 3.70. The third-order valence-corrected chi connectivity index (χ3v) is 1.81. The largest absolute Gasteiger partial charge is 0.466 e. The van der Waals surface area contributed by atoms with Crippen LogP contribution in [-0.2, 0) is 14.3 Å². The fraction of sp³-hybridized carbons (Fsp3) is 0.600. The molecule has 0 amide bonds. The summed E-state index contributed by atoms with van der Waals surface area (Å²) in [6.45, 7) is 6.59. The lowest BCUT2D eigenvalue weighted by atomic mass is 9.96. The van der Waals surface area contributed by atoms with Gasteiger partial charge in [-0.05, 0) is 20.3 Å². The molecule has 0 aliphatic rings. The number of allylic oxidation sites excluding steroid dienone is 1. The fourth-order valence-corrected chi connectivity index (χ4v) is 1.07. The number of aliphatic hydroxyl groups excluding tert-OH is 1. The average Bonchev–Trinajstić information content (AvgIpc) is 2.13. The Morgan fingerprint density at radius 1 is 1.57 bits per heavy atom. The van der Waals surface area contributed by atoms with Crippen LogP contribution in [0.3, 0.4) is 0 Å². The number of esters is 1. The van der Waals surface area contributed by atoms with E-state index >= 15 is 0 Å². The standard InChI is InChI=1S/C10H16O4/c1-4-6-8(9(12)7(3)11)10(13)14-5-2/h4,8-9,12H,1,5-6H2,2-3H3/t8-,9-/m1/s1. The Morgan fingerprint density at radius 2 is 2.14 bits per heavy atom. The normalized spacial score (nSPS) is 14.2. The van der Waals surface area contributed by atoms with Crippen LogP contribution in [0.4, 0.5) is 0 Å². The van der Waals surface area contributed by atoms with E-state index in [0.29, 0.717) is 0 Å². The highest BCUT2D eigenvalue weighted by Gasteiger charge is 2.29. The maximum absolute atomic E-state index is 11.3. The summed E-state index contributed by atoms with van der Waals surface area (Å²) in [6.07, 6.45) is 0.417. The van der Waals surface area contributed by atoms with Crippen molar-refractivity contribution >= 4 is 11.8 Å². The van der Waals surface area contributed by atoms with Crippen LogP contribution in [0.15, 0.2) is 12.7 Å². The van der Waals surface area contributed by atoms with Crippen molar-refractivity contribution in [2.45, 2.75) is 26.4 Å². The van der Waals surface area contributed by atoms with E-state index in [4.69, 9.17) is 4.74 Å². The Morgan fingerprint density at radius 3 is 2.50 bits per heavy atom. The first-order valence-electron chi connectivity index (χ1n) is 4.50. The summed E-state index contributed by atoms with van der Waals surface area (Å²) in [5.41, 5.74) is 0. The van der Waals surface area contributed by atoms with Crippen LogP contribution in [0.2, 0.25) is 0 Å². The first kappa shape index (κ1) is 12.8. The molecule has 0 heterocycles. The maximum Gasteiger partial charge on any atom is 0.312 e. The highest BCUT2D eigenvalue weighted by atomic mass is 16.5. The molecule has 0 spiro atoms. The molecular formula is C10H16O4. The Bertz CT molecular complexity index is 222. The molecule has 14 heavy (non-hydrogen) atoms. The van der Waals surface area contributed by atoms with Gasteiger partial charge in [-0.1, -0.05) is 6.08 Å². The first-order chi connectivity index (χ1) is 6.54. The summed E-state index contributed by atoms with van der Waals surface area (Å²) >= 11 is 0. The molecule has 0 bridgehead atoms. The zero-order valence-corrected chi connectivity index (χ0v) is 8.53. The quantitative estimate of drug-likeness (QED) is 0.506. The van der Waals surface area contributed by atoms with Crippen molar-refractivity contribution < 1.29 is 19.4 Å². The van der Waals surface area contributed by atoms with Gasteiger partial charge in [-0.25, -0.2) is 0 Å². The molecule has 0 saturated heterocycles. The van der Waals surface area contributed by atoms with Gasteiger partial charge in [0.25, 0.3) is 0 Å². The lowest BCUT2D eigenvalue weighted by Gasteiger charge is -2.17. The van der Waals surface area contributed by atoms with Crippen molar-refractivity contribution in [2.75, 3.05) is 6.61 Å². The van der Waals surface area contributed by atoms with Crippen LogP contribution in [0.1, 0.15) is 20.3 Å². The number of rotatable bonds is 6. The molecule has 0 aliphatic heterocycles. The molecule has 2 atom stereocenters. The number of hydrogen-bond donors (Lipinski definition) is 1. The topological polar surface area (TPSA) is 63.6 Å². The minimum Gasteiger partial charge on any atom is -0.466 e. The van der Waals surface area contributed by atoms with Gasteiger partial charge in [0.1, 0.15) is 6.10 Å². The molecule has 80 valence electrons. The van der Waals surface area contributed by atoms with E-state index in [0.717, 1.165) is 0 Å². The second-order valence-corrected chi connectivity index (χ2v) is 2.94. The fourth-order valence-electron chi connectivity index (χ4n) is 1.07. The zero-order valence-electron chi connectivity index (χ0n) is 8.53. The second-order valence-electron chi connectivity index (χ2n) is 2.94. The maximum atomic E-state index is 11.3. The molecule has 0 aromatic carbocycles. The predicted octanol–water partition coefficient (Wildman–Crippen LogP) is 0.692. The molecule has 0 aromatic heterocycles. The van der Waals surface area contributed by atoms with Gasteiger partial charge < -0.3 is 9.84 Å². The van der Waals surface area contributed by atoms with Gasteiger partial charge in [0, 0.05) is 0 Å². The summed E-state index contributed by atoms with van der Waals surface area (Å²) in [7, 11) is 0. The molecule has 0 aliphatic carbocycles. The summed E-state index contributed by atoms with van der Waals surface area (Å²) < 4.78 is 4.73. The van der Waals surface area contributed by atoms with Gasteiger partial charge in [0.15, 0.2) is 5.78 Å². The van der Waals surface area contributed by atoms with Crippen molar-refractivity contribution in [1.82, 2.24) is 0 Å². The van der Waals surface area contributed by atoms with E-state index in [9.17, 15) is 14.7 Å².